The summed E-state index contributed by atoms with van der Waals surface area (Å²) in [4.78, 5) is 3.49. The maximum Gasteiger partial charge on any atom is 0.0817 e. The molecule has 0 radical (unpaired) electrons. The van der Waals surface area contributed by atoms with Gasteiger partial charge >= 0.3 is 0 Å². The van der Waals surface area contributed by atoms with Gasteiger partial charge in [-0.05, 0) is 34.4 Å². The molecule has 5 heteroatoms. The lowest BCUT2D eigenvalue weighted by Crippen LogP contribution is -2.45. The minimum absolute atomic E-state index is 0.573. The molecular formula is C12H18BrNO2S. The predicted molar refractivity (Wildman–Crippen MR) is 73.4 cm³/mol. The summed E-state index contributed by atoms with van der Waals surface area (Å²) in [6.07, 6.45) is 1.48. The lowest BCUT2D eigenvalue weighted by Gasteiger charge is -2.35. The Hall–Kier alpha value is 0.0600. The van der Waals surface area contributed by atoms with E-state index in [2.05, 4.69) is 39.3 Å². The highest BCUT2D eigenvalue weighted by Gasteiger charge is 2.31. The summed E-state index contributed by atoms with van der Waals surface area (Å²) in [6, 6.07) is 2.07. The van der Waals surface area contributed by atoms with Crippen LogP contribution in [-0.2, 0) is 11.3 Å². The molecule has 0 bridgehead atoms. The van der Waals surface area contributed by atoms with E-state index in [1.54, 1.807) is 11.3 Å². The summed E-state index contributed by atoms with van der Waals surface area (Å²) in [6.45, 7) is 2.93. The van der Waals surface area contributed by atoms with Crippen molar-refractivity contribution in [3.8, 4) is 0 Å². The van der Waals surface area contributed by atoms with Crippen LogP contribution in [0, 0.1) is 0 Å². The first-order chi connectivity index (χ1) is 8.09. The summed E-state index contributed by atoms with van der Waals surface area (Å²) >= 11 is 5.28. The first-order valence-electron chi connectivity index (χ1n) is 5.80. The Kier molecular flexibility index (Phi) is 4.60. The summed E-state index contributed by atoms with van der Waals surface area (Å²) in [5.41, 5.74) is -0.573. The van der Waals surface area contributed by atoms with E-state index in [4.69, 9.17) is 4.74 Å². The van der Waals surface area contributed by atoms with Crippen molar-refractivity contribution >= 4 is 27.3 Å². The van der Waals surface area contributed by atoms with Crippen molar-refractivity contribution in [2.45, 2.75) is 25.0 Å². The molecule has 1 aromatic rings. The average molecular weight is 320 g/mol. The van der Waals surface area contributed by atoms with E-state index in [-0.39, 0.29) is 0 Å². The van der Waals surface area contributed by atoms with Gasteiger partial charge in [-0.25, -0.2) is 0 Å². The van der Waals surface area contributed by atoms with E-state index >= 15 is 0 Å². The van der Waals surface area contributed by atoms with Crippen molar-refractivity contribution in [3.05, 3.63) is 20.8 Å². The van der Waals surface area contributed by atoms with Crippen molar-refractivity contribution in [3.63, 3.8) is 0 Å². The van der Waals surface area contributed by atoms with Gasteiger partial charge in [0.25, 0.3) is 0 Å². The molecule has 2 rings (SSSR count). The number of nitrogens with zero attached hydrogens (tertiary/aromatic N) is 1. The molecule has 1 aliphatic rings. The normalized spacial score (nSPS) is 19.8. The summed E-state index contributed by atoms with van der Waals surface area (Å²) in [5, 5.41) is 12.5. The van der Waals surface area contributed by atoms with Crippen LogP contribution in [0.15, 0.2) is 15.9 Å². The zero-order valence-corrected chi connectivity index (χ0v) is 12.4. The summed E-state index contributed by atoms with van der Waals surface area (Å²) in [5.74, 6) is 0. The Morgan fingerprint density at radius 3 is 2.82 bits per heavy atom. The molecule has 1 saturated heterocycles. The molecule has 96 valence electrons. The first kappa shape index (κ1) is 13.5. The van der Waals surface area contributed by atoms with Crippen molar-refractivity contribution in [1.29, 1.82) is 0 Å². The number of halogens is 1. The SMILES string of the molecule is CN(Cc1sccc1Br)CC1(O)CCOCC1. The second kappa shape index (κ2) is 5.80. The molecule has 1 aliphatic heterocycles. The van der Waals surface area contributed by atoms with E-state index in [0.717, 1.165) is 23.9 Å². The topological polar surface area (TPSA) is 32.7 Å². The third-order valence-corrected chi connectivity index (χ3v) is 5.00. The molecular weight excluding hydrogens is 302 g/mol. The lowest BCUT2D eigenvalue weighted by molar-refractivity contribution is -0.0776. The van der Waals surface area contributed by atoms with Crippen LogP contribution in [0.25, 0.3) is 0 Å². The van der Waals surface area contributed by atoms with Crippen LogP contribution in [0.2, 0.25) is 0 Å². The van der Waals surface area contributed by atoms with Crippen molar-refractivity contribution in [1.82, 2.24) is 4.90 Å². The van der Waals surface area contributed by atoms with Crippen LogP contribution >= 0.6 is 27.3 Å². The number of aliphatic hydroxyl groups is 1. The Balaban J connectivity index is 1.88. The molecule has 0 aliphatic carbocycles. The zero-order chi connectivity index (χ0) is 12.3. The van der Waals surface area contributed by atoms with Crippen LogP contribution in [0.1, 0.15) is 17.7 Å². The highest BCUT2D eigenvalue weighted by atomic mass is 79.9. The molecule has 0 spiro atoms. The van der Waals surface area contributed by atoms with E-state index in [1.165, 1.54) is 4.88 Å². The lowest BCUT2D eigenvalue weighted by atomic mass is 9.94. The van der Waals surface area contributed by atoms with Gasteiger partial charge in [0.15, 0.2) is 0 Å². The smallest absolute Gasteiger partial charge is 0.0817 e. The second-order valence-electron chi connectivity index (χ2n) is 4.70. The van der Waals surface area contributed by atoms with Gasteiger partial charge in [-0.15, -0.1) is 11.3 Å². The fourth-order valence-electron chi connectivity index (χ4n) is 2.15. The van der Waals surface area contributed by atoms with Gasteiger partial charge in [0.1, 0.15) is 0 Å². The molecule has 0 unspecified atom stereocenters. The van der Waals surface area contributed by atoms with Gasteiger partial charge in [-0.2, -0.15) is 0 Å². The highest BCUT2D eigenvalue weighted by molar-refractivity contribution is 9.10. The predicted octanol–water partition coefficient (Wildman–Crippen LogP) is 2.48. The number of ether oxygens (including phenoxy) is 1. The molecule has 1 fully saturated rings. The Morgan fingerprint density at radius 2 is 2.24 bits per heavy atom. The number of rotatable bonds is 4. The van der Waals surface area contributed by atoms with E-state index < -0.39 is 5.60 Å². The average Bonchev–Trinajstić information content (AvgIpc) is 2.64. The highest BCUT2D eigenvalue weighted by Crippen LogP contribution is 2.26. The van der Waals surface area contributed by atoms with Crippen molar-refractivity contribution in [2.24, 2.45) is 0 Å². The fourth-order valence-corrected chi connectivity index (χ4v) is 3.71. The third-order valence-electron chi connectivity index (χ3n) is 3.09. The van der Waals surface area contributed by atoms with Gasteiger partial charge in [0.05, 0.1) is 5.60 Å². The van der Waals surface area contributed by atoms with Crippen LogP contribution in [0.5, 0.6) is 0 Å². The number of hydrogen-bond acceptors (Lipinski definition) is 4. The number of hydrogen-bond donors (Lipinski definition) is 1. The summed E-state index contributed by atoms with van der Waals surface area (Å²) < 4.78 is 6.45. The standard InChI is InChI=1S/C12H18BrNO2S/c1-14(8-11-10(13)2-7-17-11)9-12(15)3-5-16-6-4-12/h2,7,15H,3-6,8-9H2,1H3. The molecule has 1 aromatic heterocycles. The van der Waals surface area contributed by atoms with Gasteiger partial charge < -0.3 is 9.84 Å². The Labute approximate surface area is 115 Å². The number of thiophene rings is 1. The molecule has 0 atom stereocenters. The molecule has 0 amide bonds. The zero-order valence-electron chi connectivity index (χ0n) is 9.99. The molecule has 1 N–H and O–H groups in total. The molecule has 2 heterocycles. The van der Waals surface area contributed by atoms with Crippen LogP contribution in [0.4, 0.5) is 0 Å². The van der Waals surface area contributed by atoms with Crippen LogP contribution in [0.3, 0.4) is 0 Å². The fraction of sp³-hybridized carbons (Fsp3) is 0.667. The monoisotopic (exact) mass is 319 g/mol. The second-order valence-corrected chi connectivity index (χ2v) is 6.56. The van der Waals surface area contributed by atoms with Gasteiger partial charge in [0, 0.05) is 48.5 Å². The quantitative estimate of drug-likeness (QED) is 0.925. The van der Waals surface area contributed by atoms with Crippen LogP contribution in [-0.4, -0.2) is 42.4 Å². The third kappa shape index (κ3) is 3.76. The maximum absolute atomic E-state index is 10.4. The largest absolute Gasteiger partial charge is 0.388 e. The molecule has 3 nitrogen and oxygen atoms in total. The Bertz CT molecular complexity index is 363. The molecule has 0 saturated carbocycles. The van der Waals surface area contributed by atoms with E-state index in [1.807, 2.05) is 0 Å². The van der Waals surface area contributed by atoms with E-state index in [0.29, 0.717) is 19.8 Å². The minimum Gasteiger partial charge on any atom is -0.388 e. The van der Waals surface area contributed by atoms with Crippen molar-refractivity contribution in [2.75, 3.05) is 26.8 Å². The molecule has 17 heavy (non-hydrogen) atoms. The van der Waals surface area contributed by atoms with Crippen LogP contribution < -0.4 is 0 Å². The van der Waals surface area contributed by atoms with Gasteiger partial charge in [0.2, 0.25) is 0 Å². The Morgan fingerprint density at radius 1 is 1.53 bits per heavy atom. The van der Waals surface area contributed by atoms with Crippen molar-refractivity contribution < 1.29 is 9.84 Å². The maximum atomic E-state index is 10.4. The molecule has 0 aromatic carbocycles. The minimum atomic E-state index is -0.573. The van der Waals surface area contributed by atoms with Gasteiger partial charge in [-0.3, -0.25) is 4.90 Å². The van der Waals surface area contributed by atoms with Gasteiger partial charge in [-0.1, -0.05) is 0 Å². The first-order valence-corrected chi connectivity index (χ1v) is 7.47. The summed E-state index contributed by atoms with van der Waals surface area (Å²) in [7, 11) is 2.06. The number of likely N-dealkylation sites (N-methyl/N-ethyl adjacent to an activating group) is 1. The van der Waals surface area contributed by atoms with E-state index in [9.17, 15) is 5.11 Å².